The van der Waals surface area contributed by atoms with E-state index in [9.17, 15) is 4.79 Å². The molecule has 0 aromatic carbocycles. The molecule has 0 saturated heterocycles. The van der Waals surface area contributed by atoms with Gasteiger partial charge in [0, 0.05) is 13.1 Å². The van der Waals surface area contributed by atoms with Crippen LogP contribution in [0.25, 0.3) is 0 Å². The average molecular weight is 117 g/mol. The number of aliphatic hydroxyl groups excluding tert-OH is 1. The van der Waals surface area contributed by atoms with E-state index >= 15 is 0 Å². The minimum atomic E-state index is -0.642. The first kappa shape index (κ1) is 7.39. The first-order chi connectivity index (χ1) is 3.81. The Morgan fingerprint density at radius 3 is 2.88 bits per heavy atom. The Labute approximate surface area is 47.7 Å². The Kier molecular flexibility index (Phi) is 4.20. The van der Waals surface area contributed by atoms with Gasteiger partial charge in [-0.15, -0.1) is 0 Å². The number of aliphatic hydroxyl groups is 1. The molecule has 47 valence electrons. The van der Waals surface area contributed by atoms with Crippen LogP contribution in [-0.2, 0) is 4.79 Å². The van der Waals surface area contributed by atoms with Crippen molar-refractivity contribution >= 4 is 6.41 Å². The standard InChI is InChI=1S/C4H9N2O2/c5-1-4(8)2-6-3-7/h4,8H,1-2,5H2,(H,6,7). The van der Waals surface area contributed by atoms with Crippen LogP contribution in [0.1, 0.15) is 0 Å². The van der Waals surface area contributed by atoms with Crippen molar-refractivity contribution in [1.29, 1.82) is 0 Å². The van der Waals surface area contributed by atoms with Crippen LogP contribution in [0.5, 0.6) is 0 Å². The summed E-state index contributed by atoms with van der Waals surface area (Å²) in [5.41, 5.74) is 4.99. The Bertz CT molecular complexity index is 67.1. The van der Waals surface area contributed by atoms with Gasteiger partial charge in [-0.1, -0.05) is 0 Å². The number of nitrogens with two attached hydrogens (primary N) is 1. The fourth-order valence-corrected chi connectivity index (χ4v) is 0.243. The van der Waals surface area contributed by atoms with E-state index in [2.05, 4.69) is 5.32 Å². The fraction of sp³-hybridized carbons (Fsp3) is 0.750. The summed E-state index contributed by atoms with van der Waals surface area (Å²) in [5.74, 6) is 0. The Hall–Kier alpha value is -0.610. The van der Waals surface area contributed by atoms with Gasteiger partial charge in [-0.3, -0.25) is 4.79 Å². The van der Waals surface area contributed by atoms with Gasteiger partial charge in [-0.05, 0) is 0 Å². The van der Waals surface area contributed by atoms with Gasteiger partial charge < -0.3 is 16.2 Å². The van der Waals surface area contributed by atoms with Crippen LogP contribution in [0.3, 0.4) is 0 Å². The summed E-state index contributed by atoms with van der Waals surface area (Å²) in [6, 6.07) is 0. The molecule has 0 aliphatic carbocycles. The van der Waals surface area contributed by atoms with E-state index in [4.69, 9.17) is 10.8 Å². The predicted octanol–water partition coefficient (Wildman–Crippen LogP) is -2.04. The molecule has 0 spiro atoms. The van der Waals surface area contributed by atoms with Crippen molar-refractivity contribution in [2.45, 2.75) is 6.10 Å². The highest BCUT2D eigenvalue weighted by atomic mass is 16.3. The summed E-state index contributed by atoms with van der Waals surface area (Å²) in [5, 5.41) is 10.8. The molecule has 8 heavy (non-hydrogen) atoms. The first-order valence-corrected chi connectivity index (χ1v) is 2.29. The molecule has 1 amide bonds. The molecule has 0 bridgehead atoms. The molecule has 0 aliphatic rings. The molecular weight excluding hydrogens is 108 g/mol. The average Bonchev–Trinajstić information content (AvgIpc) is 1.83. The highest BCUT2D eigenvalue weighted by Gasteiger charge is 1.96. The van der Waals surface area contributed by atoms with Crippen LogP contribution < -0.4 is 11.1 Å². The molecule has 0 aromatic rings. The number of rotatable bonds is 4. The second-order valence-electron chi connectivity index (χ2n) is 1.37. The van der Waals surface area contributed by atoms with Crippen molar-refractivity contribution in [2.24, 2.45) is 5.73 Å². The molecule has 0 aromatic heterocycles. The van der Waals surface area contributed by atoms with Crippen molar-refractivity contribution in [3.8, 4) is 0 Å². The Morgan fingerprint density at radius 1 is 1.88 bits per heavy atom. The normalized spacial score (nSPS) is 12.8. The van der Waals surface area contributed by atoms with E-state index in [0.29, 0.717) is 0 Å². The van der Waals surface area contributed by atoms with Crippen LogP contribution in [0.15, 0.2) is 0 Å². The minimum absolute atomic E-state index is 0.161. The number of hydrogen-bond donors (Lipinski definition) is 3. The molecular formula is C4H9N2O2. The molecule has 4 N–H and O–H groups in total. The summed E-state index contributed by atoms with van der Waals surface area (Å²) in [4.78, 5) is 9.44. The summed E-state index contributed by atoms with van der Waals surface area (Å²) < 4.78 is 0. The van der Waals surface area contributed by atoms with Gasteiger partial charge in [-0.2, -0.15) is 0 Å². The topological polar surface area (TPSA) is 75.3 Å². The second-order valence-corrected chi connectivity index (χ2v) is 1.37. The number of hydrogen-bond acceptors (Lipinski definition) is 3. The maximum Gasteiger partial charge on any atom is 0.309 e. The second kappa shape index (κ2) is 4.55. The van der Waals surface area contributed by atoms with E-state index in [0.717, 1.165) is 0 Å². The minimum Gasteiger partial charge on any atom is -0.390 e. The molecule has 0 saturated carbocycles. The molecule has 0 fully saturated rings. The maximum atomic E-state index is 9.44. The summed E-state index contributed by atoms with van der Waals surface area (Å²) >= 11 is 0. The van der Waals surface area contributed by atoms with E-state index in [1.54, 1.807) is 0 Å². The molecule has 1 atom stereocenters. The van der Waals surface area contributed by atoms with Crippen molar-refractivity contribution < 1.29 is 9.90 Å². The lowest BCUT2D eigenvalue weighted by Crippen LogP contribution is -2.31. The van der Waals surface area contributed by atoms with Crippen LogP contribution >= 0.6 is 0 Å². The summed E-state index contributed by atoms with van der Waals surface area (Å²) in [6.07, 6.45) is 0.775. The van der Waals surface area contributed by atoms with E-state index in [1.807, 2.05) is 0 Å². The molecule has 4 nitrogen and oxygen atoms in total. The third-order valence-corrected chi connectivity index (χ3v) is 0.682. The third kappa shape index (κ3) is 3.58. The Morgan fingerprint density at radius 2 is 2.50 bits per heavy atom. The maximum absolute atomic E-state index is 9.44. The lowest BCUT2D eigenvalue weighted by atomic mass is 10.4. The van der Waals surface area contributed by atoms with Crippen LogP contribution in [-0.4, -0.2) is 30.7 Å². The third-order valence-electron chi connectivity index (χ3n) is 0.682. The van der Waals surface area contributed by atoms with Gasteiger partial charge in [0.15, 0.2) is 0 Å². The van der Waals surface area contributed by atoms with Gasteiger partial charge in [0.2, 0.25) is 0 Å². The molecule has 4 heteroatoms. The molecule has 1 radical (unpaired) electrons. The predicted molar refractivity (Wildman–Crippen MR) is 28.8 cm³/mol. The molecule has 1 unspecified atom stereocenters. The van der Waals surface area contributed by atoms with Crippen molar-refractivity contribution in [1.82, 2.24) is 5.32 Å². The monoisotopic (exact) mass is 117 g/mol. The quantitative estimate of drug-likeness (QED) is 0.371. The smallest absolute Gasteiger partial charge is 0.309 e. The first-order valence-electron chi connectivity index (χ1n) is 2.29. The zero-order valence-corrected chi connectivity index (χ0v) is 4.42. The van der Waals surface area contributed by atoms with E-state index in [1.165, 1.54) is 6.41 Å². The summed E-state index contributed by atoms with van der Waals surface area (Å²) in [6.45, 7) is 0.342. The number of amides is 1. The van der Waals surface area contributed by atoms with Crippen LogP contribution in [0, 0.1) is 0 Å². The van der Waals surface area contributed by atoms with Crippen molar-refractivity contribution in [2.75, 3.05) is 13.1 Å². The highest BCUT2D eigenvalue weighted by Crippen LogP contribution is 1.70. The summed E-state index contributed by atoms with van der Waals surface area (Å²) in [7, 11) is 0. The van der Waals surface area contributed by atoms with Gasteiger partial charge in [-0.25, -0.2) is 0 Å². The lowest BCUT2D eigenvalue weighted by molar-refractivity contribution is 0.185. The van der Waals surface area contributed by atoms with E-state index < -0.39 is 6.10 Å². The fourth-order valence-electron chi connectivity index (χ4n) is 0.243. The largest absolute Gasteiger partial charge is 0.390 e. The lowest BCUT2D eigenvalue weighted by Gasteiger charge is -2.02. The van der Waals surface area contributed by atoms with Gasteiger partial charge in [0.25, 0.3) is 0 Å². The van der Waals surface area contributed by atoms with Gasteiger partial charge >= 0.3 is 6.41 Å². The van der Waals surface area contributed by atoms with Crippen molar-refractivity contribution in [3.05, 3.63) is 0 Å². The van der Waals surface area contributed by atoms with Crippen molar-refractivity contribution in [3.63, 3.8) is 0 Å². The SMILES string of the molecule is NCC(O)CN[C]=O. The molecule has 0 heterocycles. The highest BCUT2D eigenvalue weighted by molar-refractivity contribution is 5.46. The number of nitrogens with one attached hydrogen (secondary N) is 1. The van der Waals surface area contributed by atoms with Gasteiger partial charge in [0.1, 0.15) is 0 Å². The molecule has 0 rings (SSSR count). The van der Waals surface area contributed by atoms with Crippen LogP contribution in [0.4, 0.5) is 0 Å². The number of carbonyl (C=O) groups excluding carboxylic acids is 1. The van der Waals surface area contributed by atoms with Gasteiger partial charge in [0.05, 0.1) is 6.10 Å². The zero-order chi connectivity index (χ0) is 6.41. The van der Waals surface area contributed by atoms with Crippen LogP contribution in [0.2, 0.25) is 0 Å². The Balaban J connectivity index is 2.97. The van der Waals surface area contributed by atoms with E-state index in [-0.39, 0.29) is 13.1 Å². The molecule has 0 aliphatic heterocycles. The zero-order valence-electron chi connectivity index (χ0n) is 4.42.